The van der Waals surface area contributed by atoms with Crippen molar-refractivity contribution in [3.63, 3.8) is 0 Å². The molecule has 0 spiro atoms. The van der Waals surface area contributed by atoms with Crippen LogP contribution < -0.4 is 0 Å². The van der Waals surface area contributed by atoms with Crippen molar-refractivity contribution >= 4 is 39.6 Å². The number of benzene rings is 1. The van der Waals surface area contributed by atoms with Crippen LogP contribution in [0.1, 0.15) is 10.4 Å². The van der Waals surface area contributed by atoms with Crippen LogP contribution in [0.3, 0.4) is 0 Å². The molecule has 62 valence electrons. The number of Topliss-reactive ketones (excluding diaryl/α,β-unsaturated/α-hetero) is 1. The highest BCUT2D eigenvalue weighted by Gasteiger charge is 2.08. The van der Waals surface area contributed by atoms with Gasteiger partial charge in [0.2, 0.25) is 5.78 Å². The van der Waals surface area contributed by atoms with Gasteiger partial charge in [0.1, 0.15) is 0 Å². The average molecular weight is 247 g/mol. The molecular weight excluding hydrogens is 243 g/mol. The Morgan fingerprint density at radius 2 is 2.17 bits per heavy atom. The lowest BCUT2D eigenvalue weighted by Gasteiger charge is -1.97. The fourth-order valence-corrected chi connectivity index (χ4v) is 1.52. The molecule has 0 unspecified atom stereocenters. The van der Waals surface area contributed by atoms with Crippen molar-refractivity contribution in [3.8, 4) is 0 Å². The van der Waals surface area contributed by atoms with Crippen LogP contribution in [0.25, 0.3) is 0 Å². The van der Waals surface area contributed by atoms with Crippen LogP contribution in [0.5, 0.6) is 0 Å². The van der Waals surface area contributed by atoms with Crippen LogP contribution in [0.15, 0.2) is 22.7 Å². The molecule has 1 rings (SSSR count). The normalized spacial score (nSPS) is 9.50. The highest BCUT2D eigenvalue weighted by Crippen LogP contribution is 2.21. The molecular formula is C8H4BrClO2. The average Bonchev–Trinajstić information content (AvgIpc) is 2.03. The lowest BCUT2D eigenvalue weighted by molar-refractivity contribution is -0.104. The summed E-state index contributed by atoms with van der Waals surface area (Å²) in [7, 11) is 0. The van der Waals surface area contributed by atoms with E-state index in [0.717, 1.165) is 4.47 Å². The summed E-state index contributed by atoms with van der Waals surface area (Å²) >= 11 is 8.88. The Kier molecular flexibility index (Phi) is 3.00. The maximum Gasteiger partial charge on any atom is 0.226 e. The van der Waals surface area contributed by atoms with Gasteiger partial charge in [-0.15, -0.1) is 0 Å². The van der Waals surface area contributed by atoms with Crippen LogP contribution >= 0.6 is 27.5 Å². The number of hydrogen-bond donors (Lipinski definition) is 0. The Balaban J connectivity index is 3.18. The van der Waals surface area contributed by atoms with Crippen LogP contribution in [0.4, 0.5) is 0 Å². The number of rotatable bonds is 2. The summed E-state index contributed by atoms with van der Waals surface area (Å²) in [5.41, 5.74) is 0.231. The molecule has 12 heavy (non-hydrogen) atoms. The first-order valence-electron chi connectivity index (χ1n) is 3.09. The van der Waals surface area contributed by atoms with E-state index in [4.69, 9.17) is 11.6 Å². The van der Waals surface area contributed by atoms with Crippen molar-refractivity contribution in [2.45, 2.75) is 0 Å². The maximum atomic E-state index is 10.9. The van der Waals surface area contributed by atoms with E-state index in [2.05, 4.69) is 15.9 Å². The topological polar surface area (TPSA) is 34.1 Å². The molecule has 1 aromatic rings. The van der Waals surface area contributed by atoms with Gasteiger partial charge in [0.05, 0.1) is 5.02 Å². The summed E-state index contributed by atoms with van der Waals surface area (Å²) in [6, 6.07) is 4.73. The van der Waals surface area contributed by atoms with E-state index >= 15 is 0 Å². The van der Waals surface area contributed by atoms with E-state index in [1.807, 2.05) is 0 Å². The molecule has 4 heteroatoms. The molecule has 0 N–H and O–H groups in total. The maximum absolute atomic E-state index is 10.9. The third kappa shape index (κ3) is 1.93. The minimum atomic E-state index is -0.604. The van der Waals surface area contributed by atoms with E-state index in [1.165, 1.54) is 6.07 Å². The van der Waals surface area contributed by atoms with Crippen molar-refractivity contribution < 1.29 is 9.59 Å². The first kappa shape index (κ1) is 9.42. The van der Waals surface area contributed by atoms with Crippen LogP contribution in [0.2, 0.25) is 5.02 Å². The van der Waals surface area contributed by atoms with Gasteiger partial charge in [0.25, 0.3) is 0 Å². The second kappa shape index (κ2) is 3.83. The molecule has 2 nitrogen and oxygen atoms in total. The standard InChI is InChI=1S/C8H4BrClO2/c9-5-1-2-6(7(10)3-5)8(12)4-11/h1-4H. The summed E-state index contributed by atoms with van der Waals surface area (Å²) in [4.78, 5) is 21.0. The highest BCUT2D eigenvalue weighted by atomic mass is 79.9. The van der Waals surface area contributed by atoms with Gasteiger partial charge in [-0.3, -0.25) is 9.59 Å². The zero-order valence-electron chi connectivity index (χ0n) is 5.88. The van der Waals surface area contributed by atoms with Gasteiger partial charge in [0, 0.05) is 10.0 Å². The minimum Gasteiger partial charge on any atom is -0.294 e. The Bertz CT molecular complexity index is 336. The van der Waals surface area contributed by atoms with E-state index in [-0.39, 0.29) is 16.9 Å². The van der Waals surface area contributed by atoms with Crippen molar-refractivity contribution in [2.24, 2.45) is 0 Å². The molecule has 0 saturated heterocycles. The number of ketones is 1. The molecule has 0 aliphatic carbocycles. The van der Waals surface area contributed by atoms with E-state index in [0.29, 0.717) is 0 Å². The third-order valence-corrected chi connectivity index (χ3v) is 2.11. The Labute approximate surface area is 82.7 Å². The molecule has 0 saturated carbocycles. The zero-order valence-corrected chi connectivity index (χ0v) is 8.22. The number of halogens is 2. The minimum absolute atomic E-state index is 0.231. The smallest absolute Gasteiger partial charge is 0.226 e. The molecule has 0 heterocycles. The van der Waals surface area contributed by atoms with Crippen LogP contribution in [-0.2, 0) is 4.79 Å². The van der Waals surface area contributed by atoms with Crippen molar-refractivity contribution in [2.75, 3.05) is 0 Å². The molecule has 0 aliphatic heterocycles. The highest BCUT2D eigenvalue weighted by molar-refractivity contribution is 9.10. The van der Waals surface area contributed by atoms with E-state index in [1.54, 1.807) is 12.1 Å². The number of carbonyl (C=O) groups is 2. The number of hydrogen-bond acceptors (Lipinski definition) is 2. The van der Waals surface area contributed by atoms with Gasteiger partial charge >= 0.3 is 0 Å². The van der Waals surface area contributed by atoms with Gasteiger partial charge in [-0.25, -0.2) is 0 Å². The molecule has 0 bridgehead atoms. The van der Waals surface area contributed by atoms with Crippen molar-refractivity contribution in [1.82, 2.24) is 0 Å². The molecule has 0 aromatic heterocycles. The lowest BCUT2D eigenvalue weighted by atomic mass is 10.1. The first-order valence-corrected chi connectivity index (χ1v) is 4.27. The quantitative estimate of drug-likeness (QED) is 0.457. The number of aldehydes is 1. The van der Waals surface area contributed by atoms with Gasteiger partial charge in [-0.1, -0.05) is 27.5 Å². The van der Waals surface area contributed by atoms with E-state index in [9.17, 15) is 9.59 Å². The zero-order chi connectivity index (χ0) is 9.14. The van der Waals surface area contributed by atoms with Crippen molar-refractivity contribution in [3.05, 3.63) is 33.3 Å². The first-order chi connectivity index (χ1) is 5.65. The fourth-order valence-electron chi connectivity index (χ4n) is 0.753. The van der Waals surface area contributed by atoms with Gasteiger partial charge in [-0.2, -0.15) is 0 Å². The summed E-state index contributed by atoms with van der Waals surface area (Å²) in [5, 5.41) is 0.279. The summed E-state index contributed by atoms with van der Waals surface area (Å²) < 4.78 is 0.773. The van der Waals surface area contributed by atoms with Gasteiger partial charge < -0.3 is 0 Å². The second-order valence-corrected chi connectivity index (χ2v) is 3.43. The molecule has 0 amide bonds. The Hall–Kier alpha value is -0.670. The SMILES string of the molecule is O=CC(=O)c1ccc(Br)cc1Cl. The monoisotopic (exact) mass is 246 g/mol. The van der Waals surface area contributed by atoms with Gasteiger partial charge in [-0.05, 0) is 18.2 Å². The van der Waals surface area contributed by atoms with Crippen molar-refractivity contribution in [1.29, 1.82) is 0 Å². The second-order valence-electron chi connectivity index (χ2n) is 2.11. The molecule has 0 fully saturated rings. The predicted molar refractivity (Wildman–Crippen MR) is 49.5 cm³/mol. The largest absolute Gasteiger partial charge is 0.294 e. The van der Waals surface area contributed by atoms with Crippen LogP contribution in [-0.4, -0.2) is 12.1 Å². The Morgan fingerprint density at radius 1 is 1.50 bits per heavy atom. The third-order valence-electron chi connectivity index (χ3n) is 1.30. The van der Waals surface area contributed by atoms with E-state index < -0.39 is 5.78 Å². The summed E-state index contributed by atoms with van der Waals surface area (Å²) in [5.74, 6) is -0.604. The lowest BCUT2D eigenvalue weighted by Crippen LogP contribution is -2.00. The molecule has 0 radical (unpaired) electrons. The number of carbonyl (C=O) groups excluding carboxylic acids is 2. The summed E-state index contributed by atoms with van der Waals surface area (Å²) in [6.07, 6.45) is 0.245. The Morgan fingerprint density at radius 3 is 2.67 bits per heavy atom. The van der Waals surface area contributed by atoms with Crippen LogP contribution in [0, 0.1) is 0 Å². The predicted octanol–water partition coefficient (Wildman–Crippen LogP) is 2.48. The summed E-state index contributed by atoms with van der Waals surface area (Å²) in [6.45, 7) is 0. The molecule has 1 aromatic carbocycles. The fraction of sp³-hybridized carbons (Fsp3) is 0. The molecule has 0 atom stereocenters. The molecule has 0 aliphatic rings. The van der Waals surface area contributed by atoms with Gasteiger partial charge in [0.15, 0.2) is 6.29 Å².